The molecule has 0 unspecified atom stereocenters. The van der Waals surface area contributed by atoms with Gasteiger partial charge in [0, 0.05) is 4.47 Å². The van der Waals surface area contributed by atoms with Gasteiger partial charge in [0.1, 0.15) is 17.9 Å². The van der Waals surface area contributed by atoms with Crippen molar-refractivity contribution in [3.05, 3.63) is 102 Å². The Labute approximate surface area is 190 Å². The zero-order valence-corrected chi connectivity index (χ0v) is 18.6. The first kappa shape index (κ1) is 21.5. The molecule has 162 valence electrons. The monoisotopic (exact) mass is 495 g/mol. The van der Waals surface area contributed by atoms with Gasteiger partial charge in [0.05, 0.1) is 19.4 Å². The third-order valence-corrected chi connectivity index (χ3v) is 5.56. The molecular formula is C23H18BrN3O5. The molecule has 2 aromatic carbocycles. The normalized spacial score (nSPS) is 13.7. The number of aromatic nitrogens is 2. The number of hydrogen-bond donors (Lipinski definition) is 1. The summed E-state index contributed by atoms with van der Waals surface area (Å²) < 4.78 is 7.52. The second-order valence-corrected chi connectivity index (χ2v) is 8.02. The van der Waals surface area contributed by atoms with Crippen LogP contribution in [0.2, 0.25) is 0 Å². The number of nitrogens with zero attached hydrogens (tertiary/aromatic N) is 2. The number of rotatable bonds is 5. The molecule has 4 rings (SSSR count). The fourth-order valence-corrected chi connectivity index (χ4v) is 3.69. The first-order valence-corrected chi connectivity index (χ1v) is 10.5. The van der Waals surface area contributed by atoms with Crippen LogP contribution in [0.5, 0.6) is 0 Å². The number of nitrogens with one attached hydrogen (secondary N) is 1. The van der Waals surface area contributed by atoms with E-state index in [1.54, 1.807) is 6.08 Å². The van der Waals surface area contributed by atoms with E-state index in [0.29, 0.717) is 0 Å². The molecule has 32 heavy (non-hydrogen) atoms. The van der Waals surface area contributed by atoms with Crippen LogP contribution in [0.1, 0.15) is 21.5 Å². The van der Waals surface area contributed by atoms with Gasteiger partial charge in [-0.3, -0.25) is 19.0 Å². The lowest BCUT2D eigenvalue weighted by Crippen LogP contribution is -2.44. The van der Waals surface area contributed by atoms with Gasteiger partial charge in [-0.15, -0.1) is 0 Å². The van der Waals surface area contributed by atoms with E-state index in [9.17, 15) is 19.2 Å². The molecule has 0 amide bonds. The van der Waals surface area contributed by atoms with Crippen LogP contribution in [-0.4, -0.2) is 28.0 Å². The summed E-state index contributed by atoms with van der Waals surface area (Å²) in [5, 5.41) is 2.95. The summed E-state index contributed by atoms with van der Waals surface area (Å²) in [6, 6.07) is 16.4. The molecule has 1 aliphatic heterocycles. The van der Waals surface area contributed by atoms with E-state index in [0.717, 1.165) is 27.3 Å². The number of fused-ring (bicyclic) bond motifs is 1. The Bertz CT molecular complexity index is 1360. The number of ether oxygens (including phenoxy) is 1. The van der Waals surface area contributed by atoms with E-state index >= 15 is 0 Å². The highest BCUT2D eigenvalue weighted by Crippen LogP contribution is 2.26. The number of halogens is 1. The zero-order chi connectivity index (χ0) is 22.8. The number of carbonyl (C=O) groups is 2. The summed E-state index contributed by atoms with van der Waals surface area (Å²) in [7, 11) is 1.16. The standard InChI is InChI=1S/C23H18BrN3O5/c1-32-18(28)13-27-22(30)19-20(29)17(11-14-7-9-16(24)10-8-14)25-21(19)26(23(27)31)12-15-5-3-2-4-6-15/h2-11,25H,12-13H2,1H3/b17-11+. The summed E-state index contributed by atoms with van der Waals surface area (Å²) in [6.45, 7) is -0.482. The largest absolute Gasteiger partial charge is 0.468 e. The highest BCUT2D eigenvalue weighted by Gasteiger charge is 2.33. The van der Waals surface area contributed by atoms with Crippen LogP contribution in [0, 0.1) is 0 Å². The number of hydrogen-bond acceptors (Lipinski definition) is 6. The van der Waals surface area contributed by atoms with Crippen molar-refractivity contribution in [1.29, 1.82) is 0 Å². The third-order valence-electron chi connectivity index (χ3n) is 5.03. The minimum atomic E-state index is -0.837. The Morgan fingerprint density at radius 1 is 1.03 bits per heavy atom. The fraction of sp³-hybridized carbons (Fsp3) is 0.130. The van der Waals surface area contributed by atoms with E-state index in [4.69, 9.17) is 0 Å². The van der Waals surface area contributed by atoms with Gasteiger partial charge in [0.25, 0.3) is 5.56 Å². The molecule has 0 radical (unpaired) electrons. The Morgan fingerprint density at radius 2 is 1.72 bits per heavy atom. The summed E-state index contributed by atoms with van der Waals surface area (Å²) in [5.41, 5.74) is -0.0442. The average Bonchev–Trinajstić information content (AvgIpc) is 3.12. The van der Waals surface area contributed by atoms with Gasteiger partial charge in [-0.25, -0.2) is 9.36 Å². The van der Waals surface area contributed by atoms with Gasteiger partial charge in [-0.05, 0) is 29.3 Å². The van der Waals surface area contributed by atoms with E-state index in [2.05, 4.69) is 26.0 Å². The van der Waals surface area contributed by atoms with Gasteiger partial charge in [0.15, 0.2) is 0 Å². The number of anilines is 1. The summed E-state index contributed by atoms with van der Waals surface area (Å²) in [5.74, 6) is -1.20. The maximum atomic E-state index is 13.2. The van der Waals surface area contributed by atoms with Crippen molar-refractivity contribution < 1.29 is 14.3 Å². The number of Topliss-reactive ketones (excluding diaryl/α,β-unsaturated/α-hetero) is 1. The zero-order valence-electron chi connectivity index (χ0n) is 17.0. The molecule has 1 aliphatic rings. The van der Waals surface area contributed by atoms with Crippen molar-refractivity contribution in [3.8, 4) is 0 Å². The van der Waals surface area contributed by atoms with Crippen molar-refractivity contribution in [3.63, 3.8) is 0 Å². The number of carbonyl (C=O) groups excluding carboxylic acids is 2. The van der Waals surface area contributed by atoms with Crippen LogP contribution < -0.4 is 16.6 Å². The van der Waals surface area contributed by atoms with Crippen LogP contribution in [0.25, 0.3) is 6.08 Å². The van der Waals surface area contributed by atoms with Gasteiger partial charge in [0.2, 0.25) is 5.78 Å². The summed E-state index contributed by atoms with van der Waals surface area (Å²) >= 11 is 3.36. The predicted molar refractivity (Wildman–Crippen MR) is 123 cm³/mol. The second kappa shape index (κ2) is 8.80. The van der Waals surface area contributed by atoms with E-state index in [-0.39, 0.29) is 23.6 Å². The molecule has 2 heterocycles. The van der Waals surface area contributed by atoms with Crippen LogP contribution in [0.4, 0.5) is 5.82 Å². The van der Waals surface area contributed by atoms with Crippen LogP contribution in [-0.2, 0) is 22.6 Å². The lowest BCUT2D eigenvalue weighted by Gasteiger charge is -2.14. The van der Waals surface area contributed by atoms with Crippen molar-refractivity contribution >= 4 is 39.6 Å². The highest BCUT2D eigenvalue weighted by molar-refractivity contribution is 9.10. The van der Waals surface area contributed by atoms with Crippen molar-refractivity contribution in [1.82, 2.24) is 9.13 Å². The second-order valence-electron chi connectivity index (χ2n) is 7.11. The quantitative estimate of drug-likeness (QED) is 0.431. The Balaban J connectivity index is 1.87. The van der Waals surface area contributed by atoms with Crippen molar-refractivity contribution in [2.24, 2.45) is 0 Å². The molecule has 0 saturated heterocycles. The van der Waals surface area contributed by atoms with E-state index < -0.39 is 29.5 Å². The Hall–Kier alpha value is -3.72. The molecule has 0 fully saturated rings. The number of esters is 1. The first-order chi connectivity index (χ1) is 15.4. The van der Waals surface area contributed by atoms with Gasteiger partial charge in [-0.2, -0.15) is 0 Å². The predicted octanol–water partition coefficient (Wildman–Crippen LogP) is 2.64. The number of allylic oxidation sites excluding steroid dienone is 1. The van der Waals surface area contributed by atoms with Gasteiger partial charge < -0.3 is 10.1 Å². The molecule has 1 aromatic heterocycles. The minimum Gasteiger partial charge on any atom is -0.468 e. The first-order valence-electron chi connectivity index (χ1n) is 9.66. The molecule has 0 spiro atoms. The lowest BCUT2D eigenvalue weighted by atomic mass is 10.1. The van der Waals surface area contributed by atoms with Crippen LogP contribution >= 0.6 is 15.9 Å². The molecule has 1 N–H and O–H groups in total. The topological polar surface area (TPSA) is 99.4 Å². The molecular weight excluding hydrogens is 478 g/mol. The third kappa shape index (κ3) is 4.06. The van der Waals surface area contributed by atoms with Crippen LogP contribution in [0.3, 0.4) is 0 Å². The minimum absolute atomic E-state index is 0.106. The SMILES string of the molecule is COC(=O)Cn1c(=O)c2c(n(Cc3ccccc3)c1=O)N/C(=C/c1ccc(Br)cc1)C2=O. The molecule has 0 bridgehead atoms. The fourth-order valence-electron chi connectivity index (χ4n) is 3.43. The molecule has 0 saturated carbocycles. The average molecular weight is 496 g/mol. The molecule has 0 atom stereocenters. The summed E-state index contributed by atoms with van der Waals surface area (Å²) in [6.07, 6.45) is 1.61. The smallest absolute Gasteiger partial charge is 0.333 e. The molecule has 0 aliphatic carbocycles. The molecule has 8 nitrogen and oxygen atoms in total. The molecule has 9 heteroatoms. The van der Waals surface area contributed by atoms with Crippen molar-refractivity contribution in [2.75, 3.05) is 12.4 Å². The van der Waals surface area contributed by atoms with E-state index in [1.807, 2.05) is 54.6 Å². The van der Waals surface area contributed by atoms with E-state index in [1.165, 1.54) is 4.57 Å². The maximum Gasteiger partial charge on any atom is 0.333 e. The Morgan fingerprint density at radius 3 is 2.38 bits per heavy atom. The maximum absolute atomic E-state index is 13.2. The number of benzene rings is 2. The van der Waals surface area contributed by atoms with Gasteiger partial charge >= 0.3 is 11.7 Å². The lowest BCUT2D eigenvalue weighted by molar-refractivity contribution is -0.141. The number of methoxy groups -OCH3 is 1. The number of ketones is 1. The van der Waals surface area contributed by atoms with Crippen LogP contribution in [0.15, 0.2) is 74.4 Å². The van der Waals surface area contributed by atoms with Crippen molar-refractivity contribution in [2.45, 2.75) is 13.1 Å². The summed E-state index contributed by atoms with van der Waals surface area (Å²) in [4.78, 5) is 51.1. The van der Waals surface area contributed by atoms with Gasteiger partial charge in [-0.1, -0.05) is 58.4 Å². The Kier molecular flexibility index (Phi) is 5.91. The molecule has 3 aromatic rings. The highest BCUT2D eigenvalue weighted by atomic mass is 79.9.